The first-order valence-electron chi connectivity index (χ1n) is 8.53. The third-order valence-electron chi connectivity index (χ3n) is 4.74. The normalized spacial score (nSPS) is 20.6. The van der Waals surface area contributed by atoms with Gasteiger partial charge in [-0.25, -0.2) is 4.98 Å². The molecule has 1 saturated carbocycles. The van der Waals surface area contributed by atoms with Crippen molar-refractivity contribution in [3.8, 4) is 0 Å². The first-order valence-corrected chi connectivity index (χ1v) is 9.29. The van der Waals surface area contributed by atoms with Gasteiger partial charge < -0.3 is 10.4 Å². The number of aromatic nitrogens is 1. The Morgan fingerprint density at radius 1 is 1.28 bits per heavy atom. The maximum absolute atomic E-state index is 13.1. The molecule has 1 heterocycles. The Bertz CT molecular complexity index is 968. The second-order valence-electron chi connectivity index (χ2n) is 6.80. The van der Waals surface area contributed by atoms with Gasteiger partial charge in [-0.2, -0.15) is 13.2 Å². The van der Waals surface area contributed by atoms with E-state index in [4.69, 9.17) is 23.2 Å². The van der Waals surface area contributed by atoms with Crippen LogP contribution in [-0.4, -0.2) is 27.4 Å². The molecule has 0 saturated heterocycles. The molecular formula is C19H15Cl2F3N2O3. The Balaban J connectivity index is 1.99. The molecule has 0 radical (unpaired) electrons. The molecule has 2 atom stereocenters. The summed E-state index contributed by atoms with van der Waals surface area (Å²) < 4.78 is 39.2. The van der Waals surface area contributed by atoms with Crippen LogP contribution in [0.15, 0.2) is 36.5 Å². The van der Waals surface area contributed by atoms with Gasteiger partial charge in [0, 0.05) is 24.1 Å². The molecule has 0 bridgehead atoms. The molecule has 0 spiro atoms. The largest absolute Gasteiger partial charge is 0.417 e. The second kappa shape index (κ2) is 7.93. The number of alkyl halides is 3. The van der Waals surface area contributed by atoms with Gasteiger partial charge in [0.15, 0.2) is 0 Å². The number of carbonyl (C=O) groups excluding carboxylic acids is 2. The molecule has 2 N–H and O–H groups in total. The Labute approximate surface area is 173 Å². The monoisotopic (exact) mass is 446 g/mol. The molecule has 1 aliphatic carbocycles. The molecular weight excluding hydrogens is 432 g/mol. The number of hydrogen-bond donors (Lipinski definition) is 2. The summed E-state index contributed by atoms with van der Waals surface area (Å²) in [6.07, 6.45) is -3.96. The highest BCUT2D eigenvalue weighted by molar-refractivity contribution is 6.34. The van der Waals surface area contributed by atoms with Gasteiger partial charge in [-0.1, -0.05) is 35.3 Å². The summed E-state index contributed by atoms with van der Waals surface area (Å²) in [7, 11) is 0. The van der Waals surface area contributed by atoms with Crippen LogP contribution in [0.4, 0.5) is 13.2 Å². The van der Waals surface area contributed by atoms with Crippen LogP contribution >= 0.6 is 23.2 Å². The number of benzene rings is 1. The average Bonchev–Trinajstić information content (AvgIpc) is 2.98. The van der Waals surface area contributed by atoms with E-state index in [2.05, 4.69) is 10.3 Å². The molecule has 10 heteroatoms. The van der Waals surface area contributed by atoms with Crippen LogP contribution in [0.5, 0.6) is 0 Å². The molecule has 1 aliphatic rings. The minimum atomic E-state index is -4.77. The van der Waals surface area contributed by atoms with Gasteiger partial charge in [0.2, 0.25) is 0 Å². The summed E-state index contributed by atoms with van der Waals surface area (Å²) in [5.41, 5.74) is -3.06. The highest BCUT2D eigenvalue weighted by Crippen LogP contribution is 2.40. The van der Waals surface area contributed by atoms with Crippen molar-refractivity contribution < 1.29 is 27.9 Å². The van der Waals surface area contributed by atoms with Gasteiger partial charge in [0.05, 0.1) is 22.2 Å². The number of nitrogens with one attached hydrogen (secondary N) is 1. The highest BCUT2D eigenvalue weighted by atomic mass is 35.5. The smallest absolute Gasteiger partial charge is 0.387 e. The number of ketones is 1. The number of rotatable bonds is 4. The Morgan fingerprint density at radius 3 is 2.59 bits per heavy atom. The number of carbonyl (C=O) groups is 2. The summed E-state index contributed by atoms with van der Waals surface area (Å²) in [6, 6.07) is 5.81. The van der Waals surface area contributed by atoms with Gasteiger partial charge in [-0.05, 0) is 30.2 Å². The predicted octanol–water partition coefficient (Wildman–Crippen LogP) is 4.36. The van der Waals surface area contributed by atoms with Crippen LogP contribution in [-0.2, 0) is 11.0 Å². The zero-order chi connectivity index (χ0) is 21.4. The van der Waals surface area contributed by atoms with E-state index in [1.54, 1.807) is 18.2 Å². The van der Waals surface area contributed by atoms with Crippen LogP contribution in [0.25, 0.3) is 0 Å². The van der Waals surface area contributed by atoms with Crippen LogP contribution in [0.3, 0.4) is 0 Å². The van der Waals surface area contributed by atoms with Crippen LogP contribution in [0.2, 0.25) is 10.0 Å². The van der Waals surface area contributed by atoms with Gasteiger partial charge in [-0.3, -0.25) is 9.59 Å². The first-order chi connectivity index (χ1) is 13.5. The Hall–Kier alpha value is -2.16. The van der Waals surface area contributed by atoms with E-state index in [9.17, 15) is 27.9 Å². The number of pyridine rings is 1. The van der Waals surface area contributed by atoms with E-state index in [0.29, 0.717) is 16.7 Å². The number of Topliss-reactive ketones (excluding diaryl/α,β-unsaturated/α-hetero) is 1. The molecule has 0 aliphatic heterocycles. The van der Waals surface area contributed by atoms with Gasteiger partial charge >= 0.3 is 6.18 Å². The Kier molecular flexibility index (Phi) is 5.89. The van der Waals surface area contributed by atoms with E-state index < -0.39 is 40.0 Å². The molecule has 3 rings (SSSR count). The lowest BCUT2D eigenvalue weighted by atomic mass is 9.86. The fourth-order valence-corrected chi connectivity index (χ4v) is 3.86. The Morgan fingerprint density at radius 2 is 2.00 bits per heavy atom. The number of nitrogens with zero attached hydrogens (tertiary/aromatic N) is 1. The minimum absolute atomic E-state index is 0.0764. The molecule has 29 heavy (non-hydrogen) atoms. The van der Waals surface area contributed by atoms with Gasteiger partial charge in [-0.15, -0.1) is 0 Å². The fraction of sp³-hybridized carbons (Fsp3) is 0.316. The third-order valence-corrected chi connectivity index (χ3v) is 5.36. The molecule has 1 aromatic heterocycles. The number of amides is 1. The number of halogens is 5. The maximum Gasteiger partial charge on any atom is 0.417 e. The van der Waals surface area contributed by atoms with Crippen molar-refractivity contribution in [2.24, 2.45) is 0 Å². The van der Waals surface area contributed by atoms with Crippen LogP contribution in [0.1, 0.15) is 46.9 Å². The van der Waals surface area contributed by atoms with Gasteiger partial charge in [0.1, 0.15) is 11.5 Å². The third kappa shape index (κ3) is 4.55. The van der Waals surface area contributed by atoms with E-state index in [1.165, 1.54) is 6.07 Å². The highest BCUT2D eigenvalue weighted by Gasteiger charge is 2.45. The molecule has 2 unspecified atom stereocenters. The van der Waals surface area contributed by atoms with Crippen molar-refractivity contribution in [1.29, 1.82) is 0 Å². The van der Waals surface area contributed by atoms with Gasteiger partial charge in [0.25, 0.3) is 5.91 Å². The van der Waals surface area contributed by atoms with E-state index >= 15 is 0 Å². The predicted molar refractivity (Wildman–Crippen MR) is 99.7 cm³/mol. The van der Waals surface area contributed by atoms with E-state index in [-0.39, 0.29) is 25.0 Å². The van der Waals surface area contributed by atoms with Crippen molar-refractivity contribution in [2.75, 3.05) is 0 Å². The summed E-state index contributed by atoms with van der Waals surface area (Å²) in [5.74, 6) is -1.21. The average molecular weight is 447 g/mol. The standard InChI is InChI=1S/C19H15Cl2F3N2O3/c20-11-3-1-2-10(8-11)16(18(29)6-4-12(27)9-18)26-17(28)15-14(21)13(5-7-25-15)19(22,23)24/h1-3,5,7-8,16,29H,4,6,9H2,(H,26,28). The lowest BCUT2D eigenvalue weighted by molar-refractivity contribution is -0.137. The second-order valence-corrected chi connectivity index (χ2v) is 7.61. The number of aliphatic hydroxyl groups is 1. The summed E-state index contributed by atoms with van der Waals surface area (Å²) in [5, 5.41) is 13.0. The molecule has 154 valence electrons. The summed E-state index contributed by atoms with van der Waals surface area (Å²) in [4.78, 5) is 28.2. The molecule has 5 nitrogen and oxygen atoms in total. The maximum atomic E-state index is 13.1. The van der Waals surface area contributed by atoms with E-state index in [1.807, 2.05) is 0 Å². The lowest BCUT2D eigenvalue weighted by Gasteiger charge is -2.33. The first kappa shape index (κ1) is 21.5. The zero-order valence-corrected chi connectivity index (χ0v) is 16.3. The van der Waals surface area contributed by atoms with Crippen molar-refractivity contribution in [3.05, 3.63) is 63.4 Å². The van der Waals surface area contributed by atoms with Crippen LogP contribution < -0.4 is 5.32 Å². The van der Waals surface area contributed by atoms with E-state index in [0.717, 1.165) is 6.20 Å². The SMILES string of the molecule is O=C1CCC(O)(C(NC(=O)c2nccc(C(F)(F)F)c2Cl)c2cccc(Cl)c2)C1. The minimum Gasteiger partial charge on any atom is -0.387 e. The molecule has 2 aromatic rings. The quantitative estimate of drug-likeness (QED) is 0.730. The topological polar surface area (TPSA) is 79.3 Å². The van der Waals surface area contributed by atoms with Crippen LogP contribution in [0, 0.1) is 0 Å². The summed E-state index contributed by atoms with van der Waals surface area (Å²) >= 11 is 11.8. The summed E-state index contributed by atoms with van der Waals surface area (Å²) in [6.45, 7) is 0. The van der Waals surface area contributed by atoms with Crippen molar-refractivity contribution >= 4 is 34.9 Å². The molecule has 1 fully saturated rings. The van der Waals surface area contributed by atoms with Crippen molar-refractivity contribution in [3.63, 3.8) is 0 Å². The van der Waals surface area contributed by atoms with Crippen molar-refractivity contribution in [1.82, 2.24) is 10.3 Å². The molecule has 1 aromatic carbocycles. The fourth-order valence-electron chi connectivity index (χ4n) is 3.35. The zero-order valence-electron chi connectivity index (χ0n) is 14.8. The van der Waals surface area contributed by atoms with Crippen molar-refractivity contribution in [2.45, 2.75) is 37.1 Å². The molecule has 1 amide bonds. The lowest BCUT2D eigenvalue weighted by Crippen LogP contribution is -2.45. The number of hydrogen-bond acceptors (Lipinski definition) is 4.